The lowest BCUT2D eigenvalue weighted by atomic mass is 10.2. The molecule has 0 aliphatic heterocycles. The van der Waals surface area contributed by atoms with Crippen molar-refractivity contribution in [3.05, 3.63) is 11.2 Å². The highest BCUT2D eigenvalue weighted by Gasteiger charge is 2.27. The van der Waals surface area contributed by atoms with Crippen LogP contribution in [-0.4, -0.2) is 30.5 Å². The van der Waals surface area contributed by atoms with E-state index >= 15 is 0 Å². The summed E-state index contributed by atoms with van der Waals surface area (Å²) in [6, 6.07) is -0.649. The first kappa shape index (κ1) is 14.6. The Labute approximate surface area is 109 Å². The Hall–Kier alpha value is -1.43. The molecular weight excluding hydrogens is 276 g/mol. The van der Waals surface area contributed by atoms with Crippen LogP contribution < -0.4 is 4.72 Å². The molecule has 0 aliphatic carbocycles. The van der Waals surface area contributed by atoms with Crippen LogP contribution in [0.4, 0.5) is 0 Å². The van der Waals surface area contributed by atoms with E-state index in [-0.39, 0.29) is 4.21 Å². The molecule has 0 saturated carbocycles. The maximum atomic E-state index is 12.0. The summed E-state index contributed by atoms with van der Waals surface area (Å²) >= 11 is 0.744. The molecule has 0 fully saturated rings. The second-order valence-corrected chi connectivity index (χ2v) is 6.19. The van der Waals surface area contributed by atoms with Crippen molar-refractivity contribution in [1.29, 1.82) is 0 Å². The molecule has 1 aromatic heterocycles. The fraction of sp³-hybridized carbons (Fsp3) is 0.400. The molecule has 0 aromatic carbocycles. The van der Waals surface area contributed by atoms with Crippen LogP contribution in [0.2, 0.25) is 0 Å². The first-order valence-electron chi connectivity index (χ1n) is 5.07. The molecule has 0 bridgehead atoms. The lowest BCUT2D eigenvalue weighted by molar-refractivity contribution is 0.0687. The van der Waals surface area contributed by atoms with E-state index in [2.05, 4.69) is 15.6 Å². The highest BCUT2D eigenvalue weighted by Crippen LogP contribution is 2.20. The summed E-state index contributed by atoms with van der Waals surface area (Å²) in [5, 5.41) is 8.82. The van der Waals surface area contributed by atoms with E-state index in [0.717, 1.165) is 11.3 Å². The average Bonchev–Trinajstić information content (AvgIpc) is 2.77. The van der Waals surface area contributed by atoms with Crippen LogP contribution in [0.15, 0.2) is 9.72 Å². The van der Waals surface area contributed by atoms with E-state index in [1.807, 2.05) is 6.92 Å². The van der Waals surface area contributed by atoms with Crippen LogP contribution >= 0.6 is 11.3 Å². The molecule has 0 amide bonds. The predicted molar refractivity (Wildman–Crippen MR) is 66.9 cm³/mol. The van der Waals surface area contributed by atoms with E-state index < -0.39 is 27.7 Å². The number of carboxylic acids is 1. The summed E-state index contributed by atoms with van der Waals surface area (Å²) in [6.07, 6.45) is 6.41. The van der Waals surface area contributed by atoms with Gasteiger partial charge in [0.2, 0.25) is 0 Å². The number of aromatic carboxylic acids is 1. The summed E-state index contributed by atoms with van der Waals surface area (Å²) in [5.41, 5.74) is 0.683. The average molecular weight is 288 g/mol. The van der Waals surface area contributed by atoms with Crippen LogP contribution in [0.3, 0.4) is 0 Å². The van der Waals surface area contributed by atoms with Gasteiger partial charge in [-0.2, -0.15) is 4.72 Å². The first-order valence-corrected chi connectivity index (χ1v) is 7.44. The van der Waals surface area contributed by atoms with Gasteiger partial charge in [0.1, 0.15) is 0 Å². The summed E-state index contributed by atoms with van der Waals surface area (Å²) in [6.45, 7) is 1.87. The molecule has 1 rings (SSSR count). The van der Waals surface area contributed by atoms with Crippen LogP contribution in [0.5, 0.6) is 0 Å². The second-order valence-electron chi connectivity index (χ2n) is 3.42. The molecule has 1 aromatic rings. The normalized spacial score (nSPS) is 12.9. The van der Waals surface area contributed by atoms with Gasteiger partial charge in [-0.25, -0.2) is 18.2 Å². The third kappa shape index (κ3) is 3.29. The van der Waals surface area contributed by atoms with Crippen molar-refractivity contribution in [3.63, 3.8) is 0 Å². The van der Waals surface area contributed by atoms with Crippen molar-refractivity contribution in [2.45, 2.75) is 30.0 Å². The Balaban J connectivity index is 3.04. The van der Waals surface area contributed by atoms with Crippen molar-refractivity contribution in [3.8, 4) is 12.3 Å². The molecule has 0 spiro atoms. The highest BCUT2D eigenvalue weighted by atomic mass is 32.2. The van der Waals surface area contributed by atoms with Crippen LogP contribution in [0.1, 0.15) is 30.3 Å². The van der Waals surface area contributed by atoms with Crippen molar-refractivity contribution >= 4 is 27.3 Å². The van der Waals surface area contributed by atoms with Gasteiger partial charge in [0, 0.05) is 0 Å². The van der Waals surface area contributed by atoms with E-state index in [0.29, 0.717) is 12.8 Å². The van der Waals surface area contributed by atoms with Gasteiger partial charge in [0.25, 0.3) is 10.0 Å². The molecule has 18 heavy (non-hydrogen) atoms. The van der Waals surface area contributed by atoms with Crippen LogP contribution in [0, 0.1) is 12.3 Å². The number of terminal acetylenes is 1. The van der Waals surface area contributed by atoms with Gasteiger partial charge in [-0.3, -0.25) is 0 Å². The smallest absolute Gasteiger partial charge is 0.356 e. The number of thiazole rings is 1. The number of hydrogen-bond acceptors (Lipinski definition) is 5. The molecule has 0 aliphatic rings. The fourth-order valence-corrected chi connectivity index (χ4v) is 3.62. The third-order valence-corrected chi connectivity index (χ3v) is 4.90. The van der Waals surface area contributed by atoms with Crippen molar-refractivity contribution < 1.29 is 18.3 Å². The number of carboxylic acid groups (broad SMARTS) is 1. The minimum Gasteiger partial charge on any atom is -0.476 e. The van der Waals surface area contributed by atoms with Crippen molar-refractivity contribution in [2.75, 3.05) is 0 Å². The third-order valence-electron chi connectivity index (χ3n) is 2.06. The fourth-order valence-electron chi connectivity index (χ4n) is 1.27. The molecule has 2 N–H and O–H groups in total. The number of nitrogens with zero attached hydrogens (tertiary/aromatic N) is 1. The Morgan fingerprint density at radius 2 is 2.39 bits per heavy atom. The van der Waals surface area contributed by atoms with E-state index in [1.54, 1.807) is 0 Å². The topological polar surface area (TPSA) is 96.4 Å². The summed E-state index contributed by atoms with van der Waals surface area (Å²) in [7, 11) is -3.94. The number of carbonyl (C=O) groups is 1. The van der Waals surface area contributed by atoms with E-state index in [9.17, 15) is 13.2 Å². The standard InChI is InChI=1S/C10H12N2O4S2/c1-3-5-7(4-2)12-18(15,16)10-8(9(13)14)11-6-17-10/h2,6-7,12H,3,5H2,1H3,(H,13,14). The monoisotopic (exact) mass is 288 g/mol. The minimum absolute atomic E-state index is 0.327. The Bertz CT molecular complexity index is 571. The van der Waals surface area contributed by atoms with E-state index in [1.165, 1.54) is 5.51 Å². The highest BCUT2D eigenvalue weighted by molar-refractivity contribution is 7.91. The Morgan fingerprint density at radius 1 is 1.72 bits per heavy atom. The van der Waals surface area contributed by atoms with Gasteiger partial charge >= 0.3 is 5.97 Å². The van der Waals surface area contributed by atoms with Crippen molar-refractivity contribution in [1.82, 2.24) is 9.71 Å². The Kier molecular flexibility index (Phi) is 4.84. The quantitative estimate of drug-likeness (QED) is 0.759. The van der Waals surface area contributed by atoms with Gasteiger partial charge in [-0.05, 0) is 6.42 Å². The van der Waals surface area contributed by atoms with Gasteiger partial charge in [0.05, 0.1) is 11.6 Å². The Morgan fingerprint density at radius 3 is 2.89 bits per heavy atom. The second kappa shape index (κ2) is 5.95. The number of sulfonamides is 1. The molecule has 1 unspecified atom stereocenters. The number of rotatable bonds is 6. The number of nitrogens with one attached hydrogen (secondary N) is 1. The minimum atomic E-state index is -3.94. The SMILES string of the molecule is C#CC(CCC)NS(=O)(=O)c1scnc1C(=O)O. The zero-order valence-corrected chi connectivity index (χ0v) is 11.2. The van der Waals surface area contributed by atoms with Gasteiger partial charge in [0.15, 0.2) is 9.90 Å². The van der Waals surface area contributed by atoms with Gasteiger partial charge < -0.3 is 5.11 Å². The van der Waals surface area contributed by atoms with Crippen molar-refractivity contribution in [2.24, 2.45) is 0 Å². The molecule has 1 atom stereocenters. The molecule has 98 valence electrons. The zero-order chi connectivity index (χ0) is 13.8. The maximum absolute atomic E-state index is 12.0. The van der Waals surface area contributed by atoms with Gasteiger partial charge in [-0.15, -0.1) is 17.8 Å². The van der Waals surface area contributed by atoms with Gasteiger partial charge in [-0.1, -0.05) is 19.3 Å². The summed E-state index contributed by atoms with van der Waals surface area (Å²) < 4.78 is 25.9. The predicted octanol–water partition coefficient (Wildman–Crippen LogP) is 0.921. The van der Waals surface area contributed by atoms with E-state index in [4.69, 9.17) is 11.5 Å². The van der Waals surface area contributed by atoms with Crippen LogP contribution in [0.25, 0.3) is 0 Å². The molecule has 8 heteroatoms. The summed E-state index contributed by atoms with van der Waals surface area (Å²) in [4.78, 5) is 14.3. The number of aromatic nitrogens is 1. The lowest BCUT2D eigenvalue weighted by Crippen LogP contribution is -2.34. The first-order chi connectivity index (χ1) is 8.42. The largest absolute Gasteiger partial charge is 0.476 e. The molecule has 1 heterocycles. The number of hydrogen-bond donors (Lipinski definition) is 2. The lowest BCUT2D eigenvalue weighted by Gasteiger charge is -2.11. The zero-order valence-electron chi connectivity index (χ0n) is 9.58. The molecule has 0 saturated heterocycles. The van der Waals surface area contributed by atoms with Crippen LogP contribution in [-0.2, 0) is 10.0 Å². The maximum Gasteiger partial charge on any atom is 0.356 e. The molecule has 0 radical (unpaired) electrons. The summed E-state index contributed by atoms with van der Waals surface area (Å²) in [5.74, 6) is 0.931. The molecule has 6 nitrogen and oxygen atoms in total. The molecular formula is C10H12N2O4S2.